The molecule has 3 nitrogen and oxygen atoms in total. The van der Waals surface area contributed by atoms with Crippen LogP contribution in [0.25, 0.3) is 0 Å². The van der Waals surface area contributed by atoms with Gasteiger partial charge in [0.25, 0.3) is 5.91 Å². The highest BCUT2D eigenvalue weighted by Crippen LogP contribution is 2.23. The molecule has 0 saturated heterocycles. The Hall–Kier alpha value is -2.59. The highest BCUT2D eigenvalue weighted by molar-refractivity contribution is 7.09. The molecule has 0 spiro atoms. The molecule has 0 aliphatic heterocycles. The molecule has 128 valence electrons. The third-order valence-electron chi connectivity index (χ3n) is 4.14. The lowest BCUT2D eigenvalue weighted by atomic mass is 10.1. The minimum Gasteiger partial charge on any atom is -0.496 e. The van der Waals surface area contributed by atoms with Crippen molar-refractivity contribution in [1.82, 2.24) is 4.90 Å². The number of thiophene rings is 1. The lowest BCUT2D eigenvalue weighted by Gasteiger charge is -2.24. The summed E-state index contributed by atoms with van der Waals surface area (Å²) in [5.74, 6) is 0.841. The zero-order valence-corrected chi connectivity index (χ0v) is 15.3. The van der Waals surface area contributed by atoms with Crippen molar-refractivity contribution in [3.8, 4) is 5.75 Å². The number of hydrogen-bond acceptors (Lipinski definition) is 3. The van der Waals surface area contributed by atoms with Crippen LogP contribution >= 0.6 is 11.3 Å². The van der Waals surface area contributed by atoms with Gasteiger partial charge in [-0.1, -0.05) is 42.5 Å². The predicted octanol–water partition coefficient (Wildman–Crippen LogP) is 4.91. The number of rotatable bonds is 6. The highest BCUT2D eigenvalue weighted by Gasteiger charge is 2.20. The van der Waals surface area contributed by atoms with Crippen LogP contribution in [0.2, 0.25) is 0 Å². The molecule has 0 aliphatic carbocycles. The summed E-state index contributed by atoms with van der Waals surface area (Å²) in [6.45, 7) is 3.07. The number of carbonyl (C=O) groups excluding carboxylic acids is 1. The van der Waals surface area contributed by atoms with Crippen LogP contribution in [0.15, 0.2) is 66.0 Å². The van der Waals surface area contributed by atoms with Crippen molar-refractivity contribution in [2.75, 3.05) is 7.11 Å². The molecule has 2 aromatic carbocycles. The number of methoxy groups -OCH3 is 1. The monoisotopic (exact) mass is 351 g/mol. The maximum Gasteiger partial charge on any atom is 0.254 e. The molecule has 0 saturated carbocycles. The second kappa shape index (κ2) is 7.99. The van der Waals surface area contributed by atoms with Crippen molar-refractivity contribution in [2.45, 2.75) is 20.0 Å². The van der Waals surface area contributed by atoms with E-state index < -0.39 is 0 Å². The molecular weight excluding hydrogens is 330 g/mol. The second-order valence-corrected chi connectivity index (χ2v) is 6.90. The summed E-state index contributed by atoms with van der Waals surface area (Å²) < 4.78 is 5.46. The number of nitrogens with zero attached hydrogens (tertiary/aromatic N) is 1. The Morgan fingerprint density at radius 2 is 1.76 bits per heavy atom. The van der Waals surface area contributed by atoms with Gasteiger partial charge >= 0.3 is 0 Å². The summed E-state index contributed by atoms with van der Waals surface area (Å²) >= 11 is 1.66. The normalized spacial score (nSPS) is 10.5. The lowest BCUT2D eigenvalue weighted by Crippen LogP contribution is -2.30. The molecule has 25 heavy (non-hydrogen) atoms. The zero-order valence-electron chi connectivity index (χ0n) is 14.4. The van der Waals surface area contributed by atoms with Crippen LogP contribution in [0.5, 0.6) is 5.75 Å². The van der Waals surface area contributed by atoms with Gasteiger partial charge in [-0.25, -0.2) is 0 Å². The van der Waals surface area contributed by atoms with Crippen LogP contribution in [0.4, 0.5) is 0 Å². The maximum absolute atomic E-state index is 13.2. The van der Waals surface area contributed by atoms with Crippen LogP contribution in [0.1, 0.15) is 26.4 Å². The quantitative estimate of drug-likeness (QED) is 0.632. The fourth-order valence-corrected chi connectivity index (χ4v) is 3.53. The van der Waals surface area contributed by atoms with Crippen molar-refractivity contribution in [2.24, 2.45) is 0 Å². The minimum absolute atomic E-state index is 0.0393. The molecule has 4 heteroatoms. The van der Waals surface area contributed by atoms with E-state index in [4.69, 9.17) is 4.74 Å². The van der Waals surface area contributed by atoms with Gasteiger partial charge in [0.2, 0.25) is 0 Å². The number of carbonyl (C=O) groups is 1. The number of aryl methyl sites for hydroxylation is 1. The van der Waals surface area contributed by atoms with Gasteiger partial charge in [-0.05, 0) is 36.1 Å². The molecule has 0 N–H and O–H groups in total. The molecule has 0 aliphatic rings. The van der Waals surface area contributed by atoms with E-state index in [1.807, 2.05) is 71.8 Å². The van der Waals surface area contributed by atoms with E-state index >= 15 is 0 Å². The lowest BCUT2D eigenvalue weighted by molar-refractivity contribution is 0.0730. The molecule has 0 unspecified atom stereocenters. The molecule has 1 amide bonds. The summed E-state index contributed by atoms with van der Waals surface area (Å²) in [5, 5.41) is 2.04. The molecule has 1 aromatic heterocycles. The number of amides is 1. The second-order valence-electron chi connectivity index (χ2n) is 5.87. The summed E-state index contributed by atoms with van der Waals surface area (Å²) in [4.78, 5) is 16.2. The van der Waals surface area contributed by atoms with E-state index in [-0.39, 0.29) is 5.91 Å². The SMILES string of the molecule is COc1ccccc1CN(Cc1cccs1)C(=O)c1ccccc1C. The zero-order chi connectivity index (χ0) is 17.6. The first-order valence-corrected chi connectivity index (χ1v) is 9.06. The largest absolute Gasteiger partial charge is 0.496 e. The fourth-order valence-electron chi connectivity index (χ4n) is 2.81. The molecule has 0 radical (unpaired) electrons. The minimum atomic E-state index is 0.0393. The summed E-state index contributed by atoms with van der Waals surface area (Å²) in [5.41, 5.74) is 2.74. The van der Waals surface area contributed by atoms with Gasteiger partial charge in [0.15, 0.2) is 0 Å². The van der Waals surface area contributed by atoms with E-state index in [2.05, 4.69) is 6.07 Å². The molecule has 0 bridgehead atoms. The first-order chi connectivity index (χ1) is 12.2. The summed E-state index contributed by atoms with van der Waals surface area (Å²) in [7, 11) is 1.66. The Labute approximate surface area is 152 Å². The number of benzene rings is 2. The van der Waals surface area contributed by atoms with Crippen LogP contribution < -0.4 is 4.74 Å². The number of para-hydroxylation sites is 1. The fraction of sp³-hybridized carbons (Fsp3) is 0.190. The smallest absolute Gasteiger partial charge is 0.254 e. The van der Waals surface area contributed by atoms with Crippen molar-refractivity contribution in [3.63, 3.8) is 0 Å². The van der Waals surface area contributed by atoms with E-state index in [1.54, 1.807) is 18.4 Å². The van der Waals surface area contributed by atoms with E-state index in [0.29, 0.717) is 13.1 Å². The number of hydrogen-bond donors (Lipinski definition) is 0. The van der Waals surface area contributed by atoms with Crippen molar-refractivity contribution >= 4 is 17.2 Å². The predicted molar refractivity (Wildman–Crippen MR) is 102 cm³/mol. The standard InChI is InChI=1S/C21H21NO2S/c1-16-8-3-5-11-19(16)21(23)22(15-18-10-7-13-25-18)14-17-9-4-6-12-20(17)24-2/h3-13H,14-15H2,1-2H3. The number of ether oxygens (including phenoxy) is 1. The Kier molecular flexibility index (Phi) is 5.51. The molecular formula is C21H21NO2S. The van der Waals surface area contributed by atoms with Crippen LogP contribution in [0.3, 0.4) is 0 Å². The van der Waals surface area contributed by atoms with Gasteiger partial charge in [-0.3, -0.25) is 4.79 Å². The van der Waals surface area contributed by atoms with Gasteiger partial charge in [0, 0.05) is 16.0 Å². The van der Waals surface area contributed by atoms with Crippen molar-refractivity contribution < 1.29 is 9.53 Å². The van der Waals surface area contributed by atoms with Crippen LogP contribution in [0, 0.1) is 6.92 Å². The van der Waals surface area contributed by atoms with Crippen LogP contribution in [-0.4, -0.2) is 17.9 Å². The van der Waals surface area contributed by atoms with Gasteiger partial charge in [0.1, 0.15) is 5.75 Å². The summed E-state index contributed by atoms with van der Waals surface area (Å²) in [6, 6.07) is 19.6. The average molecular weight is 351 g/mol. The molecule has 0 fully saturated rings. The van der Waals surface area contributed by atoms with E-state index in [0.717, 1.165) is 27.3 Å². The molecule has 1 heterocycles. The Morgan fingerprint density at radius 3 is 2.48 bits per heavy atom. The highest BCUT2D eigenvalue weighted by atomic mass is 32.1. The van der Waals surface area contributed by atoms with Gasteiger partial charge in [-0.2, -0.15) is 0 Å². The first-order valence-electron chi connectivity index (χ1n) is 8.18. The first kappa shape index (κ1) is 17.2. The van der Waals surface area contributed by atoms with E-state index in [9.17, 15) is 4.79 Å². The molecule has 0 atom stereocenters. The Bertz CT molecular complexity index is 843. The Balaban J connectivity index is 1.92. The van der Waals surface area contributed by atoms with Gasteiger partial charge < -0.3 is 9.64 Å². The Morgan fingerprint density at radius 1 is 1.00 bits per heavy atom. The third-order valence-corrected chi connectivity index (χ3v) is 5.00. The molecule has 3 aromatic rings. The van der Waals surface area contributed by atoms with Crippen molar-refractivity contribution in [1.29, 1.82) is 0 Å². The molecule has 3 rings (SSSR count). The van der Waals surface area contributed by atoms with E-state index in [1.165, 1.54) is 0 Å². The van der Waals surface area contributed by atoms with Gasteiger partial charge in [-0.15, -0.1) is 11.3 Å². The topological polar surface area (TPSA) is 29.5 Å². The maximum atomic E-state index is 13.2. The van der Waals surface area contributed by atoms with Gasteiger partial charge in [0.05, 0.1) is 20.2 Å². The summed E-state index contributed by atoms with van der Waals surface area (Å²) in [6.07, 6.45) is 0. The van der Waals surface area contributed by atoms with Crippen LogP contribution in [-0.2, 0) is 13.1 Å². The third kappa shape index (κ3) is 4.09. The average Bonchev–Trinajstić information content (AvgIpc) is 3.14. The van der Waals surface area contributed by atoms with Crippen molar-refractivity contribution in [3.05, 3.63) is 87.6 Å².